The van der Waals surface area contributed by atoms with Crippen LogP contribution in [0.2, 0.25) is 0 Å². The number of hydrogen-bond acceptors (Lipinski definition) is 4. The predicted molar refractivity (Wildman–Crippen MR) is 96.2 cm³/mol. The average Bonchev–Trinajstić information content (AvgIpc) is 2.62. The van der Waals surface area contributed by atoms with E-state index >= 15 is 0 Å². The number of amides is 2. The monoisotopic (exact) mass is 352 g/mol. The first-order chi connectivity index (χ1) is 12.5. The van der Waals surface area contributed by atoms with Crippen LogP contribution in [0, 0.1) is 0 Å². The van der Waals surface area contributed by atoms with E-state index in [1.54, 1.807) is 36.4 Å². The summed E-state index contributed by atoms with van der Waals surface area (Å²) in [6.45, 7) is 0. The third-order valence-electron chi connectivity index (χ3n) is 3.76. The Balaban J connectivity index is 1.69. The Kier molecular flexibility index (Phi) is 4.98. The number of anilines is 1. The summed E-state index contributed by atoms with van der Waals surface area (Å²) in [6, 6.07) is 15.0. The maximum Gasteiger partial charge on any atom is 0.336 e. The van der Waals surface area contributed by atoms with E-state index in [4.69, 9.17) is 4.42 Å². The molecule has 2 amide bonds. The Labute approximate surface area is 148 Å². The Hall–Kier alpha value is -3.61. The highest BCUT2D eigenvalue weighted by molar-refractivity contribution is 5.94. The van der Waals surface area contributed by atoms with Gasteiger partial charge in [0, 0.05) is 23.6 Å². The molecule has 0 bridgehead atoms. The standard InChI is InChI=1S/C19H16N2O5/c22-17-9-6-13-11-14(7-8-16(13)26-17)20-19(25)21-15(18(23)24)10-12-4-2-1-3-5-12/h1-9,11,15H,10H2,(H,23,24)(H2,20,21,25)/t15-/m0/s1. The smallest absolute Gasteiger partial charge is 0.336 e. The Bertz CT molecular complexity index is 997. The second-order valence-corrected chi connectivity index (χ2v) is 5.69. The summed E-state index contributed by atoms with van der Waals surface area (Å²) in [5, 5.41) is 15.0. The molecule has 1 aromatic heterocycles. The fourth-order valence-electron chi connectivity index (χ4n) is 2.52. The number of urea groups is 1. The highest BCUT2D eigenvalue weighted by atomic mass is 16.4. The van der Waals surface area contributed by atoms with Crippen molar-refractivity contribution in [2.24, 2.45) is 0 Å². The number of carbonyl (C=O) groups is 2. The maximum absolute atomic E-state index is 12.1. The van der Waals surface area contributed by atoms with Crippen LogP contribution in [-0.2, 0) is 11.2 Å². The number of carboxylic acids is 1. The van der Waals surface area contributed by atoms with E-state index in [2.05, 4.69) is 10.6 Å². The van der Waals surface area contributed by atoms with Crippen molar-refractivity contribution < 1.29 is 19.1 Å². The van der Waals surface area contributed by atoms with Gasteiger partial charge in [0.2, 0.25) is 0 Å². The number of carboxylic acid groups (broad SMARTS) is 1. The van der Waals surface area contributed by atoms with E-state index in [-0.39, 0.29) is 6.42 Å². The zero-order valence-electron chi connectivity index (χ0n) is 13.6. The van der Waals surface area contributed by atoms with E-state index in [0.717, 1.165) is 5.56 Å². The molecule has 7 nitrogen and oxygen atoms in total. The van der Waals surface area contributed by atoms with Gasteiger partial charge in [-0.25, -0.2) is 14.4 Å². The van der Waals surface area contributed by atoms with Crippen LogP contribution in [0.4, 0.5) is 10.5 Å². The van der Waals surface area contributed by atoms with Gasteiger partial charge in [0.1, 0.15) is 11.6 Å². The van der Waals surface area contributed by atoms with Gasteiger partial charge < -0.3 is 20.2 Å². The minimum absolute atomic E-state index is 0.173. The van der Waals surface area contributed by atoms with E-state index in [1.807, 2.05) is 18.2 Å². The van der Waals surface area contributed by atoms with Gasteiger partial charge in [0.25, 0.3) is 0 Å². The fraction of sp³-hybridized carbons (Fsp3) is 0.105. The number of fused-ring (bicyclic) bond motifs is 1. The highest BCUT2D eigenvalue weighted by Crippen LogP contribution is 2.17. The van der Waals surface area contributed by atoms with Crippen LogP contribution in [0.1, 0.15) is 5.56 Å². The van der Waals surface area contributed by atoms with Crippen molar-refractivity contribution in [3.8, 4) is 0 Å². The molecule has 0 aliphatic rings. The van der Waals surface area contributed by atoms with Crippen molar-refractivity contribution >= 4 is 28.7 Å². The minimum Gasteiger partial charge on any atom is -0.480 e. The molecule has 0 aliphatic heterocycles. The molecule has 3 N–H and O–H groups in total. The molecular formula is C19H16N2O5. The van der Waals surface area contributed by atoms with Crippen LogP contribution in [0.3, 0.4) is 0 Å². The molecule has 0 radical (unpaired) electrons. The van der Waals surface area contributed by atoms with Gasteiger partial charge in [-0.2, -0.15) is 0 Å². The number of rotatable bonds is 5. The van der Waals surface area contributed by atoms with Crippen molar-refractivity contribution in [1.82, 2.24) is 5.32 Å². The van der Waals surface area contributed by atoms with Crippen molar-refractivity contribution in [1.29, 1.82) is 0 Å². The summed E-state index contributed by atoms with van der Waals surface area (Å²) in [4.78, 5) is 34.7. The normalized spacial score (nSPS) is 11.7. The van der Waals surface area contributed by atoms with Crippen LogP contribution in [-0.4, -0.2) is 23.1 Å². The summed E-state index contributed by atoms with van der Waals surface area (Å²) < 4.78 is 5.02. The van der Waals surface area contributed by atoms with Gasteiger partial charge in [-0.05, 0) is 29.8 Å². The van der Waals surface area contributed by atoms with Crippen LogP contribution < -0.4 is 16.3 Å². The van der Waals surface area contributed by atoms with Gasteiger partial charge in [-0.15, -0.1) is 0 Å². The summed E-state index contributed by atoms with van der Waals surface area (Å²) in [7, 11) is 0. The van der Waals surface area contributed by atoms with Gasteiger partial charge in [-0.1, -0.05) is 30.3 Å². The highest BCUT2D eigenvalue weighted by Gasteiger charge is 2.20. The quantitative estimate of drug-likeness (QED) is 0.612. The SMILES string of the molecule is O=C(Nc1ccc2oc(=O)ccc2c1)N[C@@H](Cc1ccccc1)C(=O)O. The van der Waals surface area contributed by atoms with Gasteiger partial charge in [-0.3, -0.25) is 0 Å². The number of nitrogens with one attached hydrogen (secondary N) is 2. The number of benzene rings is 2. The van der Waals surface area contributed by atoms with Crippen molar-refractivity contribution in [2.75, 3.05) is 5.32 Å². The summed E-state index contributed by atoms with van der Waals surface area (Å²) in [5.74, 6) is -1.12. The molecule has 1 atom stereocenters. The van der Waals surface area contributed by atoms with Crippen molar-refractivity contribution in [2.45, 2.75) is 12.5 Å². The molecule has 2 aromatic carbocycles. The first kappa shape index (κ1) is 17.2. The fourth-order valence-corrected chi connectivity index (χ4v) is 2.52. The molecule has 3 aromatic rings. The molecule has 0 aliphatic carbocycles. The van der Waals surface area contributed by atoms with E-state index in [0.29, 0.717) is 16.7 Å². The van der Waals surface area contributed by atoms with Crippen LogP contribution in [0.5, 0.6) is 0 Å². The lowest BCUT2D eigenvalue weighted by atomic mass is 10.1. The van der Waals surface area contributed by atoms with Crippen molar-refractivity contribution in [3.05, 3.63) is 76.6 Å². The largest absolute Gasteiger partial charge is 0.480 e. The van der Waals surface area contributed by atoms with E-state index in [1.165, 1.54) is 6.07 Å². The lowest BCUT2D eigenvalue weighted by Gasteiger charge is -2.15. The van der Waals surface area contributed by atoms with E-state index < -0.39 is 23.7 Å². The molecule has 132 valence electrons. The molecular weight excluding hydrogens is 336 g/mol. The molecule has 0 spiro atoms. The third kappa shape index (κ3) is 4.27. The molecule has 26 heavy (non-hydrogen) atoms. The first-order valence-corrected chi connectivity index (χ1v) is 7.89. The average molecular weight is 352 g/mol. The minimum atomic E-state index is -1.12. The topological polar surface area (TPSA) is 109 Å². The predicted octanol–water partition coefficient (Wildman–Crippen LogP) is 2.61. The van der Waals surface area contributed by atoms with Gasteiger partial charge in [0.15, 0.2) is 0 Å². The molecule has 0 unspecified atom stereocenters. The van der Waals surface area contributed by atoms with Gasteiger partial charge in [0.05, 0.1) is 0 Å². The Morgan fingerprint density at radius 3 is 2.54 bits per heavy atom. The molecule has 0 saturated carbocycles. The number of carbonyl (C=O) groups excluding carboxylic acids is 1. The Morgan fingerprint density at radius 1 is 1.04 bits per heavy atom. The lowest BCUT2D eigenvalue weighted by Crippen LogP contribution is -2.44. The summed E-state index contributed by atoms with van der Waals surface area (Å²) >= 11 is 0. The zero-order valence-corrected chi connectivity index (χ0v) is 13.6. The zero-order chi connectivity index (χ0) is 18.5. The molecule has 7 heteroatoms. The second kappa shape index (κ2) is 7.52. The maximum atomic E-state index is 12.1. The van der Waals surface area contributed by atoms with Gasteiger partial charge >= 0.3 is 17.6 Å². The van der Waals surface area contributed by atoms with Crippen LogP contribution in [0.25, 0.3) is 11.0 Å². The Morgan fingerprint density at radius 2 is 1.81 bits per heavy atom. The molecule has 3 rings (SSSR count). The molecule has 0 fully saturated rings. The van der Waals surface area contributed by atoms with E-state index in [9.17, 15) is 19.5 Å². The lowest BCUT2D eigenvalue weighted by molar-refractivity contribution is -0.139. The number of aliphatic carboxylic acids is 1. The second-order valence-electron chi connectivity index (χ2n) is 5.69. The molecule has 1 heterocycles. The molecule has 0 saturated heterocycles. The third-order valence-corrected chi connectivity index (χ3v) is 3.76. The summed E-state index contributed by atoms with van der Waals surface area (Å²) in [6.07, 6.45) is 0.173. The van der Waals surface area contributed by atoms with Crippen molar-refractivity contribution in [3.63, 3.8) is 0 Å². The number of hydrogen-bond donors (Lipinski definition) is 3. The first-order valence-electron chi connectivity index (χ1n) is 7.89. The summed E-state index contributed by atoms with van der Waals surface area (Å²) in [5.41, 5.74) is 1.20. The van der Waals surface area contributed by atoms with Crippen LogP contribution >= 0.6 is 0 Å². The van der Waals surface area contributed by atoms with Crippen LogP contribution in [0.15, 0.2) is 69.9 Å².